The number of carboxylic acids is 1. The second kappa shape index (κ2) is 5.89. The number of aromatic nitrogens is 1. The molecule has 0 atom stereocenters. The molecule has 6 nitrogen and oxygen atoms in total. The summed E-state index contributed by atoms with van der Waals surface area (Å²) in [6.07, 6.45) is 3.63. The van der Waals surface area contributed by atoms with Crippen molar-refractivity contribution in [3.8, 4) is 5.88 Å². The fraction of sp³-hybridized carbons (Fsp3) is 0.500. The molecule has 0 radical (unpaired) electrons. The minimum Gasteiger partial charge on any atom is -0.480 e. The van der Waals surface area contributed by atoms with Crippen LogP contribution in [0.1, 0.15) is 37.0 Å². The Labute approximate surface area is 127 Å². The first-order valence-corrected chi connectivity index (χ1v) is 7.01. The van der Waals surface area contributed by atoms with Crippen LogP contribution in [0.4, 0.5) is 0 Å². The van der Waals surface area contributed by atoms with Crippen molar-refractivity contribution in [3.63, 3.8) is 0 Å². The lowest BCUT2D eigenvalue weighted by molar-refractivity contribution is -0.143. The maximum Gasteiger partial charge on any atom is 0.328 e. The van der Waals surface area contributed by atoms with Gasteiger partial charge in [0.15, 0.2) is 0 Å². The lowest BCUT2D eigenvalue weighted by atomic mass is 10.1. The van der Waals surface area contributed by atoms with Gasteiger partial charge >= 0.3 is 5.97 Å². The van der Waals surface area contributed by atoms with Gasteiger partial charge in [-0.3, -0.25) is 4.79 Å². The molecule has 0 unspecified atom stereocenters. The molecule has 21 heavy (non-hydrogen) atoms. The van der Waals surface area contributed by atoms with Gasteiger partial charge in [0.2, 0.25) is 5.88 Å². The summed E-state index contributed by atoms with van der Waals surface area (Å²) in [7, 11) is 0. The van der Waals surface area contributed by atoms with Crippen molar-refractivity contribution in [3.05, 3.63) is 22.8 Å². The smallest absolute Gasteiger partial charge is 0.328 e. The predicted molar refractivity (Wildman–Crippen MR) is 76.6 cm³/mol. The number of pyridine rings is 1. The molecule has 0 bridgehead atoms. The van der Waals surface area contributed by atoms with Crippen LogP contribution in [-0.4, -0.2) is 34.1 Å². The molecular formula is C14H17ClN2O4. The van der Waals surface area contributed by atoms with Crippen LogP contribution in [0.5, 0.6) is 5.88 Å². The van der Waals surface area contributed by atoms with Gasteiger partial charge in [0.05, 0.1) is 12.2 Å². The Kier molecular flexibility index (Phi) is 4.37. The fourth-order valence-corrected chi connectivity index (χ4v) is 1.77. The third-order valence-corrected chi connectivity index (χ3v) is 3.45. The van der Waals surface area contributed by atoms with Gasteiger partial charge in [0, 0.05) is 6.20 Å². The number of nitrogens with zero attached hydrogens (tertiary/aromatic N) is 1. The summed E-state index contributed by atoms with van der Waals surface area (Å²) in [5.41, 5.74) is -1.18. The Hall–Kier alpha value is -1.82. The summed E-state index contributed by atoms with van der Waals surface area (Å²) in [6.45, 7) is 3.37. The van der Waals surface area contributed by atoms with E-state index in [1.807, 2.05) is 0 Å². The van der Waals surface area contributed by atoms with E-state index in [4.69, 9.17) is 21.4 Å². The van der Waals surface area contributed by atoms with Crippen LogP contribution in [0, 0.1) is 5.92 Å². The standard InChI is InChI=1S/C14H17ClN2O4/c1-14(2,13(19)20)17-11(18)9-5-10(15)12(16-6-9)21-7-8-3-4-8/h5-6,8H,3-4,7H2,1-2H3,(H,17,18)(H,19,20). The van der Waals surface area contributed by atoms with Crippen LogP contribution >= 0.6 is 11.6 Å². The van der Waals surface area contributed by atoms with Crippen molar-refractivity contribution in [1.29, 1.82) is 0 Å². The predicted octanol–water partition coefficient (Wildman–Crippen LogP) is 2.12. The van der Waals surface area contributed by atoms with E-state index in [2.05, 4.69) is 10.3 Å². The zero-order valence-corrected chi connectivity index (χ0v) is 12.6. The normalized spacial score (nSPS) is 14.6. The molecule has 7 heteroatoms. The van der Waals surface area contributed by atoms with Gasteiger partial charge in [0.25, 0.3) is 5.91 Å². The molecule has 2 N–H and O–H groups in total. The Bertz CT molecular complexity index is 570. The molecule has 1 heterocycles. The van der Waals surface area contributed by atoms with Crippen LogP contribution in [0.3, 0.4) is 0 Å². The number of hydrogen-bond acceptors (Lipinski definition) is 4. The molecular weight excluding hydrogens is 296 g/mol. The number of rotatable bonds is 6. The van der Waals surface area contributed by atoms with Crippen LogP contribution in [0.15, 0.2) is 12.3 Å². The van der Waals surface area contributed by atoms with Crippen molar-refractivity contribution in [2.45, 2.75) is 32.2 Å². The largest absolute Gasteiger partial charge is 0.480 e. The molecule has 1 saturated carbocycles. The van der Waals surface area contributed by atoms with Crippen LogP contribution in [0.2, 0.25) is 5.02 Å². The minimum atomic E-state index is -1.37. The molecule has 1 fully saturated rings. The van der Waals surface area contributed by atoms with Crippen LogP contribution in [0.25, 0.3) is 0 Å². The fourth-order valence-electron chi connectivity index (χ4n) is 1.55. The van der Waals surface area contributed by atoms with Crippen LogP contribution in [-0.2, 0) is 4.79 Å². The zero-order valence-electron chi connectivity index (χ0n) is 11.9. The van der Waals surface area contributed by atoms with Gasteiger partial charge in [-0.2, -0.15) is 0 Å². The third kappa shape index (κ3) is 4.07. The van der Waals surface area contributed by atoms with E-state index in [-0.39, 0.29) is 16.5 Å². The van der Waals surface area contributed by atoms with Gasteiger partial charge in [-0.25, -0.2) is 9.78 Å². The van der Waals surface area contributed by atoms with E-state index in [1.54, 1.807) is 0 Å². The van der Waals surface area contributed by atoms with E-state index >= 15 is 0 Å². The van der Waals surface area contributed by atoms with Gasteiger partial charge in [0.1, 0.15) is 10.6 Å². The molecule has 2 rings (SSSR count). The van der Waals surface area contributed by atoms with E-state index in [0.717, 1.165) is 12.8 Å². The highest BCUT2D eigenvalue weighted by atomic mass is 35.5. The Morgan fingerprint density at radius 3 is 2.71 bits per heavy atom. The Morgan fingerprint density at radius 2 is 2.19 bits per heavy atom. The van der Waals surface area contributed by atoms with E-state index in [0.29, 0.717) is 12.5 Å². The zero-order chi connectivity index (χ0) is 15.6. The molecule has 0 aromatic carbocycles. The van der Waals surface area contributed by atoms with Crippen LogP contribution < -0.4 is 10.1 Å². The van der Waals surface area contributed by atoms with Gasteiger partial charge in [-0.15, -0.1) is 0 Å². The summed E-state index contributed by atoms with van der Waals surface area (Å²) in [4.78, 5) is 27.0. The number of carboxylic acid groups (broad SMARTS) is 1. The van der Waals surface area contributed by atoms with E-state index < -0.39 is 17.4 Å². The molecule has 1 aliphatic carbocycles. The topological polar surface area (TPSA) is 88.5 Å². The van der Waals surface area contributed by atoms with Gasteiger partial charge in [-0.05, 0) is 38.7 Å². The number of carbonyl (C=O) groups is 2. The van der Waals surface area contributed by atoms with Crippen molar-refractivity contribution < 1.29 is 19.4 Å². The lowest BCUT2D eigenvalue weighted by Crippen LogP contribution is -2.49. The summed E-state index contributed by atoms with van der Waals surface area (Å²) < 4.78 is 5.47. The van der Waals surface area contributed by atoms with Crippen molar-refractivity contribution in [1.82, 2.24) is 10.3 Å². The molecule has 1 aromatic rings. The first-order chi connectivity index (χ1) is 9.79. The second-order valence-corrected chi connectivity index (χ2v) is 6.06. The van der Waals surface area contributed by atoms with Gasteiger partial charge < -0.3 is 15.2 Å². The number of halogens is 1. The number of hydrogen-bond donors (Lipinski definition) is 2. The highest BCUT2D eigenvalue weighted by molar-refractivity contribution is 6.32. The summed E-state index contributed by atoms with van der Waals surface area (Å²) in [5.74, 6) is -0.815. The first kappa shape index (κ1) is 15.6. The van der Waals surface area contributed by atoms with Gasteiger partial charge in [-0.1, -0.05) is 11.6 Å². The summed E-state index contributed by atoms with van der Waals surface area (Å²) >= 11 is 6.03. The summed E-state index contributed by atoms with van der Waals surface area (Å²) in [6, 6.07) is 1.42. The first-order valence-electron chi connectivity index (χ1n) is 6.64. The maximum atomic E-state index is 12.0. The molecule has 1 amide bonds. The average molecular weight is 313 g/mol. The highest BCUT2D eigenvalue weighted by Gasteiger charge is 2.29. The van der Waals surface area contributed by atoms with E-state index in [9.17, 15) is 9.59 Å². The molecule has 0 saturated heterocycles. The number of carbonyl (C=O) groups excluding carboxylic acids is 1. The third-order valence-electron chi connectivity index (χ3n) is 3.18. The molecule has 0 aliphatic heterocycles. The highest BCUT2D eigenvalue weighted by Crippen LogP contribution is 2.31. The molecule has 0 spiro atoms. The second-order valence-electron chi connectivity index (χ2n) is 5.65. The minimum absolute atomic E-state index is 0.188. The number of amides is 1. The van der Waals surface area contributed by atoms with E-state index in [1.165, 1.54) is 26.1 Å². The summed E-state index contributed by atoms with van der Waals surface area (Å²) in [5, 5.41) is 11.6. The molecule has 1 aliphatic rings. The Morgan fingerprint density at radius 1 is 1.52 bits per heavy atom. The SMILES string of the molecule is CC(C)(NC(=O)c1cnc(OCC2CC2)c(Cl)c1)C(=O)O. The quantitative estimate of drug-likeness (QED) is 0.840. The van der Waals surface area contributed by atoms with Crippen molar-refractivity contribution >= 4 is 23.5 Å². The van der Waals surface area contributed by atoms with Crippen molar-refractivity contribution in [2.24, 2.45) is 5.92 Å². The maximum absolute atomic E-state index is 12.0. The lowest BCUT2D eigenvalue weighted by Gasteiger charge is -2.21. The number of ether oxygens (including phenoxy) is 1. The number of nitrogens with one attached hydrogen (secondary N) is 1. The number of aliphatic carboxylic acids is 1. The monoisotopic (exact) mass is 312 g/mol. The average Bonchev–Trinajstić information content (AvgIpc) is 3.20. The molecule has 1 aromatic heterocycles. The van der Waals surface area contributed by atoms with Crippen molar-refractivity contribution in [2.75, 3.05) is 6.61 Å². The molecule has 114 valence electrons. The Balaban J connectivity index is 2.04.